The molecule has 10 nitrogen and oxygen atoms in total. The lowest BCUT2D eigenvalue weighted by Gasteiger charge is -2.06. The predicted molar refractivity (Wildman–Crippen MR) is 76.9 cm³/mol. The molecule has 0 saturated carbocycles. The number of epoxide rings is 1. The van der Waals surface area contributed by atoms with Gasteiger partial charge >= 0.3 is 0 Å². The summed E-state index contributed by atoms with van der Waals surface area (Å²) in [5.41, 5.74) is 0. The molecule has 0 aromatic rings. The zero-order valence-corrected chi connectivity index (χ0v) is 10.1. The Hall–Kier alpha value is -1.68. The number of ether oxygens (including phenoxy) is 2. The van der Waals surface area contributed by atoms with Crippen LogP contribution in [-0.2, 0) is 19.1 Å². The topological polar surface area (TPSA) is 126 Å². The first kappa shape index (κ1) is 27.6. The van der Waals surface area contributed by atoms with Gasteiger partial charge in [0.25, 0.3) is 10.2 Å². The molecule has 0 spiro atoms. The molecule has 10 heteroatoms. The highest BCUT2D eigenvalue weighted by molar-refractivity contribution is 4.65. The van der Waals surface area contributed by atoms with Crippen molar-refractivity contribution in [2.24, 2.45) is 5.92 Å². The Bertz CT molecular complexity index is 261. The van der Waals surface area contributed by atoms with Crippen molar-refractivity contribution >= 4 is 0 Å². The van der Waals surface area contributed by atoms with Gasteiger partial charge in [0.15, 0.2) is 0 Å². The van der Waals surface area contributed by atoms with E-state index in [-0.39, 0.29) is 47.5 Å². The Balaban J connectivity index is -0.000000122. The largest absolute Gasteiger partial charge is 0.384 e. The van der Waals surface area contributed by atoms with Crippen molar-refractivity contribution in [3.63, 3.8) is 0 Å². The highest BCUT2D eigenvalue weighted by Gasteiger charge is 2.23. The second-order valence-electron chi connectivity index (χ2n) is 3.55. The molecule has 130 valence electrons. The van der Waals surface area contributed by atoms with Crippen LogP contribution in [0.1, 0.15) is 29.2 Å². The van der Waals surface area contributed by atoms with E-state index in [2.05, 4.69) is 14.4 Å². The SMILES string of the molecule is C.C.C.COCC(C)CO[N+](=O)[O-].O=[N+]([O-])OCC1CO1. The Morgan fingerprint density at radius 1 is 1.14 bits per heavy atom. The van der Waals surface area contributed by atoms with E-state index in [9.17, 15) is 20.2 Å². The van der Waals surface area contributed by atoms with Crippen LogP contribution in [-0.4, -0.2) is 49.8 Å². The van der Waals surface area contributed by atoms with Gasteiger partial charge in [-0.15, -0.1) is 20.2 Å². The minimum atomic E-state index is -0.818. The minimum absolute atomic E-state index is 0. The zero-order valence-electron chi connectivity index (χ0n) is 10.1. The lowest BCUT2D eigenvalue weighted by molar-refractivity contribution is -0.759. The van der Waals surface area contributed by atoms with Gasteiger partial charge in [0, 0.05) is 13.0 Å². The summed E-state index contributed by atoms with van der Waals surface area (Å²) in [5.74, 6) is 0.0652. The predicted octanol–water partition coefficient (Wildman–Crippen LogP) is 1.98. The molecule has 0 aromatic carbocycles. The molecule has 0 aliphatic carbocycles. The van der Waals surface area contributed by atoms with Gasteiger partial charge in [-0.25, -0.2) is 0 Å². The Morgan fingerprint density at radius 3 is 1.95 bits per heavy atom. The van der Waals surface area contributed by atoms with E-state index in [1.807, 2.05) is 6.92 Å². The van der Waals surface area contributed by atoms with Crippen molar-refractivity contribution in [3.05, 3.63) is 20.2 Å². The maximum absolute atomic E-state index is 9.65. The second-order valence-corrected chi connectivity index (χ2v) is 3.55. The first-order chi connectivity index (χ1) is 8.45. The number of hydrogen-bond donors (Lipinski definition) is 0. The maximum Gasteiger partial charge on any atom is 0.294 e. The van der Waals surface area contributed by atoms with Crippen molar-refractivity contribution in [1.82, 2.24) is 0 Å². The van der Waals surface area contributed by atoms with Crippen LogP contribution in [0.3, 0.4) is 0 Å². The molecule has 1 saturated heterocycles. The van der Waals surface area contributed by atoms with Crippen molar-refractivity contribution in [3.8, 4) is 0 Å². The molecular formula is C11H28N2O8. The average molecular weight is 316 g/mol. The van der Waals surface area contributed by atoms with Crippen molar-refractivity contribution < 1.29 is 29.3 Å². The van der Waals surface area contributed by atoms with E-state index in [1.54, 1.807) is 7.11 Å². The maximum atomic E-state index is 9.65. The highest BCUT2D eigenvalue weighted by atomic mass is 17.0. The molecule has 2 atom stereocenters. The van der Waals surface area contributed by atoms with E-state index in [0.29, 0.717) is 13.2 Å². The van der Waals surface area contributed by atoms with Crippen LogP contribution < -0.4 is 0 Å². The molecule has 1 rings (SSSR count). The van der Waals surface area contributed by atoms with Crippen LogP contribution in [0.4, 0.5) is 0 Å². The lowest BCUT2D eigenvalue weighted by Crippen LogP contribution is -2.14. The molecule has 1 aliphatic heterocycles. The van der Waals surface area contributed by atoms with Crippen LogP contribution in [0.2, 0.25) is 0 Å². The normalized spacial score (nSPS) is 15.4. The number of rotatable bonds is 8. The summed E-state index contributed by atoms with van der Waals surface area (Å²) in [5, 5.41) is 17.5. The van der Waals surface area contributed by atoms with E-state index < -0.39 is 10.2 Å². The van der Waals surface area contributed by atoms with E-state index >= 15 is 0 Å². The summed E-state index contributed by atoms with van der Waals surface area (Å²) in [4.78, 5) is 27.2. The first-order valence-electron chi connectivity index (χ1n) is 5.10. The average Bonchev–Trinajstić information content (AvgIpc) is 3.09. The van der Waals surface area contributed by atoms with Crippen molar-refractivity contribution in [2.45, 2.75) is 35.3 Å². The molecule has 0 radical (unpaired) electrons. The van der Waals surface area contributed by atoms with Gasteiger partial charge in [-0.3, -0.25) is 0 Å². The van der Waals surface area contributed by atoms with Gasteiger partial charge in [-0.1, -0.05) is 29.2 Å². The molecule has 1 heterocycles. The summed E-state index contributed by atoms with van der Waals surface area (Å²) in [6.07, 6.45) is -0.0274. The third-order valence-electron chi connectivity index (χ3n) is 1.68. The fourth-order valence-electron chi connectivity index (χ4n) is 0.829. The molecule has 0 N–H and O–H groups in total. The Kier molecular flexibility index (Phi) is 21.5. The summed E-state index contributed by atoms with van der Waals surface area (Å²) in [6.45, 7) is 3.06. The van der Waals surface area contributed by atoms with Gasteiger partial charge < -0.3 is 19.1 Å². The van der Waals surface area contributed by atoms with E-state index in [0.717, 1.165) is 0 Å². The van der Waals surface area contributed by atoms with Crippen LogP contribution in [0.15, 0.2) is 0 Å². The molecular weight excluding hydrogens is 288 g/mol. The number of methoxy groups -OCH3 is 1. The highest BCUT2D eigenvalue weighted by Crippen LogP contribution is 2.07. The quantitative estimate of drug-likeness (QED) is 0.378. The number of hydrogen-bond acceptors (Lipinski definition) is 8. The summed E-state index contributed by atoms with van der Waals surface area (Å²) >= 11 is 0. The van der Waals surface area contributed by atoms with Gasteiger partial charge in [0.1, 0.15) is 19.3 Å². The fourth-order valence-corrected chi connectivity index (χ4v) is 0.829. The van der Waals surface area contributed by atoms with Crippen LogP contribution in [0.5, 0.6) is 0 Å². The van der Waals surface area contributed by atoms with E-state index in [1.165, 1.54) is 0 Å². The molecule has 0 bridgehead atoms. The van der Waals surface area contributed by atoms with Gasteiger partial charge in [-0.05, 0) is 0 Å². The van der Waals surface area contributed by atoms with Crippen LogP contribution >= 0.6 is 0 Å². The van der Waals surface area contributed by atoms with Gasteiger partial charge in [0.2, 0.25) is 0 Å². The number of nitrogens with zero attached hydrogens (tertiary/aromatic N) is 2. The summed E-state index contributed by atoms with van der Waals surface area (Å²) in [7, 11) is 1.54. The van der Waals surface area contributed by atoms with Crippen LogP contribution in [0, 0.1) is 26.1 Å². The van der Waals surface area contributed by atoms with Crippen molar-refractivity contribution in [1.29, 1.82) is 0 Å². The Morgan fingerprint density at radius 2 is 1.62 bits per heavy atom. The van der Waals surface area contributed by atoms with E-state index in [4.69, 9.17) is 4.74 Å². The smallest absolute Gasteiger partial charge is 0.294 e. The first-order valence-corrected chi connectivity index (χ1v) is 5.10. The van der Waals surface area contributed by atoms with Gasteiger partial charge in [0.05, 0.1) is 13.2 Å². The van der Waals surface area contributed by atoms with Crippen LogP contribution in [0.25, 0.3) is 0 Å². The third-order valence-corrected chi connectivity index (χ3v) is 1.68. The standard InChI is InChI=1S/C5H11NO4.C3H5NO4.3CH4/c1-5(3-9-2)4-10-6(7)8;5-4(6)8-2-3-1-7-3;;;/h5H,3-4H2,1-2H3;3H,1-2H2;3*1H4. The monoisotopic (exact) mass is 316 g/mol. The zero-order chi connectivity index (χ0) is 14.0. The summed E-state index contributed by atoms with van der Waals surface area (Å²) < 4.78 is 9.36. The Labute approximate surface area is 125 Å². The second kappa shape index (κ2) is 16.4. The minimum Gasteiger partial charge on any atom is -0.384 e. The molecule has 1 fully saturated rings. The molecule has 21 heavy (non-hydrogen) atoms. The lowest BCUT2D eigenvalue weighted by atomic mass is 10.2. The van der Waals surface area contributed by atoms with Gasteiger partial charge in [-0.2, -0.15) is 0 Å². The molecule has 0 aromatic heterocycles. The summed E-state index contributed by atoms with van der Waals surface area (Å²) in [6, 6.07) is 0. The third kappa shape index (κ3) is 23.8. The molecule has 1 aliphatic rings. The molecule has 2 unspecified atom stereocenters. The molecule has 0 amide bonds. The fraction of sp³-hybridized carbons (Fsp3) is 1.00. The van der Waals surface area contributed by atoms with Crippen molar-refractivity contribution in [2.75, 3.05) is 33.5 Å².